The van der Waals surface area contributed by atoms with E-state index in [0.29, 0.717) is 18.8 Å². The van der Waals surface area contributed by atoms with Gasteiger partial charge in [-0.15, -0.1) is 0 Å². The Morgan fingerprint density at radius 3 is 2.26 bits per heavy atom. The lowest BCUT2D eigenvalue weighted by molar-refractivity contribution is -0.384. The molecule has 0 radical (unpaired) electrons. The molecular weight excluding hydrogens is 406 g/mol. The number of nitrogens with zero attached hydrogens (tertiary/aromatic N) is 3. The van der Waals surface area contributed by atoms with Crippen LogP contribution in [0.25, 0.3) is 0 Å². The second kappa shape index (κ2) is 9.79. The summed E-state index contributed by atoms with van der Waals surface area (Å²) in [5, 5.41) is 22.4. The zero-order chi connectivity index (χ0) is 22.4. The lowest BCUT2D eigenvalue weighted by Crippen LogP contribution is -2.25. The zero-order valence-corrected chi connectivity index (χ0v) is 16.7. The van der Waals surface area contributed by atoms with Gasteiger partial charge < -0.3 is 9.64 Å². The Hall–Kier alpha value is -3.82. The molecule has 0 aromatic heterocycles. The molecule has 1 saturated heterocycles. The molecule has 1 fully saturated rings. The summed E-state index contributed by atoms with van der Waals surface area (Å²) in [5.41, 5.74) is -0.00371. The van der Waals surface area contributed by atoms with Crippen LogP contribution in [0.15, 0.2) is 42.5 Å². The molecule has 31 heavy (non-hydrogen) atoms. The Morgan fingerprint density at radius 2 is 1.61 bits per heavy atom. The number of nitro benzene ring substituents is 2. The average Bonchev–Trinajstić information content (AvgIpc) is 3.06. The van der Waals surface area contributed by atoms with Crippen LogP contribution in [0.5, 0.6) is 0 Å². The van der Waals surface area contributed by atoms with Gasteiger partial charge in [-0.1, -0.05) is 25.0 Å². The van der Waals surface area contributed by atoms with Crippen molar-refractivity contribution in [2.45, 2.75) is 25.7 Å². The maximum absolute atomic E-state index is 12.4. The molecule has 0 bridgehead atoms. The molecule has 1 heterocycles. The molecule has 2 aromatic carbocycles. The third kappa shape index (κ3) is 5.41. The highest BCUT2D eigenvalue weighted by atomic mass is 16.6. The maximum atomic E-state index is 12.4. The molecule has 10 nitrogen and oxygen atoms in total. The van der Waals surface area contributed by atoms with Gasteiger partial charge in [0.1, 0.15) is 5.69 Å². The number of esters is 1. The number of rotatable bonds is 7. The van der Waals surface area contributed by atoms with Gasteiger partial charge in [0.25, 0.3) is 11.4 Å². The highest BCUT2D eigenvalue weighted by molar-refractivity contribution is 6.00. The Kier molecular flexibility index (Phi) is 6.91. The molecule has 0 atom stereocenters. The first-order valence-corrected chi connectivity index (χ1v) is 9.85. The van der Waals surface area contributed by atoms with E-state index in [4.69, 9.17) is 4.74 Å². The Balaban J connectivity index is 1.72. The first kappa shape index (κ1) is 21.9. The number of benzene rings is 2. The predicted octanol–water partition coefficient (Wildman–Crippen LogP) is 3.92. The minimum atomic E-state index is -0.885. The summed E-state index contributed by atoms with van der Waals surface area (Å²) in [6.07, 6.45) is 4.04. The number of ketones is 1. The zero-order valence-electron chi connectivity index (χ0n) is 16.7. The molecule has 10 heteroatoms. The summed E-state index contributed by atoms with van der Waals surface area (Å²) >= 11 is 0. The van der Waals surface area contributed by atoms with E-state index in [9.17, 15) is 29.8 Å². The molecule has 3 rings (SSSR count). The molecule has 162 valence electrons. The van der Waals surface area contributed by atoms with Gasteiger partial charge >= 0.3 is 5.97 Å². The van der Waals surface area contributed by atoms with Crippen molar-refractivity contribution in [2.75, 3.05) is 24.6 Å². The van der Waals surface area contributed by atoms with Crippen molar-refractivity contribution < 1.29 is 24.2 Å². The lowest BCUT2D eigenvalue weighted by atomic mass is 10.1. The van der Waals surface area contributed by atoms with Gasteiger partial charge in [-0.3, -0.25) is 25.0 Å². The fourth-order valence-corrected chi connectivity index (χ4v) is 3.47. The van der Waals surface area contributed by atoms with E-state index >= 15 is 0 Å². The number of anilines is 1. The number of non-ortho nitro benzene ring substituents is 1. The third-order valence-electron chi connectivity index (χ3n) is 5.07. The van der Waals surface area contributed by atoms with E-state index in [1.165, 1.54) is 30.3 Å². The summed E-state index contributed by atoms with van der Waals surface area (Å²) < 4.78 is 4.99. The number of carbonyl (C=O) groups is 2. The molecule has 0 spiro atoms. The van der Waals surface area contributed by atoms with Crippen LogP contribution in [0, 0.1) is 20.2 Å². The van der Waals surface area contributed by atoms with E-state index in [0.717, 1.165) is 37.8 Å². The van der Waals surface area contributed by atoms with Gasteiger partial charge in [0.15, 0.2) is 6.61 Å². The largest absolute Gasteiger partial charge is 0.454 e. The summed E-state index contributed by atoms with van der Waals surface area (Å²) in [7, 11) is 0. The van der Waals surface area contributed by atoms with Crippen LogP contribution < -0.4 is 4.90 Å². The molecule has 0 amide bonds. The smallest absolute Gasteiger partial charge is 0.338 e. The monoisotopic (exact) mass is 427 g/mol. The maximum Gasteiger partial charge on any atom is 0.338 e. The molecule has 1 aliphatic heterocycles. The van der Waals surface area contributed by atoms with Crippen LogP contribution in [0.3, 0.4) is 0 Å². The topological polar surface area (TPSA) is 133 Å². The van der Waals surface area contributed by atoms with Gasteiger partial charge in [0.05, 0.1) is 15.4 Å². The minimum absolute atomic E-state index is 0.0319. The third-order valence-corrected chi connectivity index (χ3v) is 5.07. The van der Waals surface area contributed by atoms with Gasteiger partial charge in [0, 0.05) is 36.9 Å². The molecule has 0 unspecified atom stereocenters. The van der Waals surface area contributed by atoms with E-state index < -0.39 is 28.2 Å². The molecule has 1 aliphatic rings. The molecular formula is C21H21N3O7. The number of nitro groups is 2. The second-order valence-corrected chi connectivity index (χ2v) is 7.17. The summed E-state index contributed by atoms with van der Waals surface area (Å²) in [6, 6.07) is 9.20. The quantitative estimate of drug-likeness (QED) is 0.281. The van der Waals surface area contributed by atoms with Gasteiger partial charge in [-0.05, 0) is 25.0 Å². The fraction of sp³-hybridized carbons (Fsp3) is 0.333. The van der Waals surface area contributed by atoms with Crippen LogP contribution in [-0.2, 0) is 4.74 Å². The van der Waals surface area contributed by atoms with Gasteiger partial charge in [-0.2, -0.15) is 0 Å². The normalized spacial score (nSPS) is 13.9. The minimum Gasteiger partial charge on any atom is -0.454 e. The lowest BCUT2D eigenvalue weighted by Gasteiger charge is -2.22. The van der Waals surface area contributed by atoms with Crippen molar-refractivity contribution >= 4 is 28.8 Å². The molecule has 0 N–H and O–H groups in total. The highest BCUT2D eigenvalue weighted by Gasteiger charge is 2.23. The molecule has 0 aliphatic carbocycles. The molecule has 0 saturated carbocycles. The first-order valence-electron chi connectivity index (χ1n) is 9.85. The highest BCUT2D eigenvalue weighted by Crippen LogP contribution is 2.31. The summed E-state index contributed by atoms with van der Waals surface area (Å²) in [4.78, 5) is 47.8. The van der Waals surface area contributed by atoms with Gasteiger partial charge in [0.2, 0.25) is 5.78 Å². The first-order chi connectivity index (χ1) is 14.9. The van der Waals surface area contributed by atoms with Crippen LogP contribution in [0.4, 0.5) is 17.1 Å². The van der Waals surface area contributed by atoms with Crippen molar-refractivity contribution in [3.05, 3.63) is 73.8 Å². The number of carbonyl (C=O) groups excluding carboxylic acids is 2. The van der Waals surface area contributed by atoms with Gasteiger partial charge in [-0.25, -0.2) is 4.79 Å². The second-order valence-electron chi connectivity index (χ2n) is 7.17. The average molecular weight is 427 g/mol. The van der Waals surface area contributed by atoms with Crippen molar-refractivity contribution in [1.82, 2.24) is 0 Å². The van der Waals surface area contributed by atoms with Crippen molar-refractivity contribution in [3.8, 4) is 0 Å². The van der Waals surface area contributed by atoms with Crippen molar-refractivity contribution in [3.63, 3.8) is 0 Å². The van der Waals surface area contributed by atoms with Crippen LogP contribution >= 0.6 is 0 Å². The number of ether oxygens (including phenoxy) is 1. The predicted molar refractivity (Wildman–Crippen MR) is 111 cm³/mol. The van der Waals surface area contributed by atoms with Crippen LogP contribution in [0.2, 0.25) is 0 Å². The van der Waals surface area contributed by atoms with E-state index in [1.807, 2.05) is 4.90 Å². The summed E-state index contributed by atoms with van der Waals surface area (Å²) in [5.74, 6) is -1.50. The fourth-order valence-electron chi connectivity index (χ4n) is 3.47. The van der Waals surface area contributed by atoms with Crippen LogP contribution in [-0.4, -0.2) is 41.3 Å². The van der Waals surface area contributed by atoms with E-state index in [2.05, 4.69) is 0 Å². The number of Topliss-reactive ketones (excluding diaryl/α,β-unsaturated/α-hetero) is 1. The van der Waals surface area contributed by atoms with Crippen LogP contribution in [0.1, 0.15) is 46.4 Å². The van der Waals surface area contributed by atoms with Crippen molar-refractivity contribution in [2.24, 2.45) is 0 Å². The SMILES string of the molecule is O=C(COC(=O)c1ccc(N2CCCCCC2)c([N+](=O)[O-])c1)c1cccc([N+](=O)[O-])c1. The Morgan fingerprint density at radius 1 is 0.903 bits per heavy atom. The van der Waals surface area contributed by atoms with E-state index in [1.54, 1.807) is 0 Å². The molecule has 2 aromatic rings. The Bertz CT molecular complexity index is 1010. The van der Waals surface area contributed by atoms with E-state index in [-0.39, 0.29) is 22.5 Å². The standard InChI is InChI=1S/C21H21N3O7/c25-20(15-6-5-7-17(12-15)23(27)28)14-31-21(26)16-8-9-18(19(13-16)24(29)30)22-10-3-1-2-4-11-22/h5-9,12-13H,1-4,10-11,14H2. The van der Waals surface area contributed by atoms with Crippen molar-refractivity contribution in [1.29, 1.82) is 0 Å². The number of hydrogen-bond acceptors (Lipinski definition) is 8. The number of hydrogen-bond donors (Lipinski definition) is 0. The Labute approximate surface area is 177 Å². The summed E-state index contributed by atoms with van der Waals surface area (Å²) in [6.45, 7) is 0.784.